The molecule has 0 bridgehead atoms. The summed E-state index contributed by atoms with van der Waals surface area (Å²) in [5.41, 5.74) is 4.48. The lowest BCUT2D eigenvalue weighted by Crippen LogP contribution is -2.56. The van der Waals surface area contributed by atoms with Crippen LogP contribution in [0, 0.1) is 0 Å². The molecule has 1 aliphatic rings. The van der Waals surface area contributed by atoms with E-state index < -0.39 is 11.8 Å². The second kappa shape index (κ2) is 6.20. The number of β-amino-alcohol motifs (C(OH)–C–C–N with tert-alkyl or cyclic N) is 1. The van der Waals surface area contributed by atoms with E-state index in [1.54, 1.807) is 23.1 Å². The molecule has 1 aliphatic heterocycles. The summed E-state index contributed by atoms with van der Waals surface area (Å²) in [6, 6.07) is 7.05. The van der Waals surface area contributed by atoms with Crippen molar-refractivity contribution < 1.29 is 18.3 Å². The standard InChI is InChI=1S/C13H17F3N2O.ClH/c14-13(15,16)12(19)5-2-6-18(9-12)8-10-3-1-4-11(17)7-10;/h1,3-4,7,19H,2,5-6,8-9,17H2;1H. The zero-order chi connectivity index (χ0) is 14.1. The lowest BCUT2D eigenvalue weighted by molar-refractivity contribution is -0.274. The molecule has 3 nitrogen and oxygen atoms in total. The van der Waals surface area contributed by atoms with E-state index in [0.717, 1.165) is 5.56 Å². The van der Waals surface area contributed by atoms with Gasteiger partial charge in [-0.25, -0.2) is 0 Å². The van der Waals surface area contributed by atoms with Crippen LogP contribution in [0.3, 0.4) is 0 Å². The Bertz CT molecular complexity index is 455. The van der Waals surface area contributed by atoms with E-state index in [-0.39, 0.29) is 25.4 Å². The molecule has 0 aromatic heterocycles. The highest BCUT2D eigenvalue weighted by molar-refractivity contribution is 5.85. The molecule has 1 aromatic rings. The van der Waals surface area contributed by atoms with Crippen molar-refractivity contribution in [2.75, 3.05) is 18.8 Å². The van der Waals surface area contributed by atoms with Gasteiger partial charge in [0.15, 0.2) is 5.60 Å². The number of hydrogen-bond donors (Lipinski definition) is 2. The lowest BCUT2D eigenvalue weighted by atomic mass is 9.92. The molecular weight excluding hydrogens is 293 g/mol. The molecule has 1 saturated heterocycles. The van der Waals surface area contributed by atoms with Crippen molar-refractivity contribution in [1.82, 2.24) is 4.90 Å². The summed E-state index contributed by atoms with van der Waals surface area (Å²) in [6.07, 6.45) is -4.48. The van der Waals surface area contributed by atoms with E-state index in [9.17, 15) is 18.3 Å². The van der Waals surface area contributed by atoms with Gasteiger partial charge in [0.25, 0.3) is 0 Å². The fourth-order valence-corrected chi connectivity index (χ4v) is 2.44. The number of hydrogen-bond acceptors (Lipinski definition) is 3. The molecule has 2 rings (SSSR count). The zero-order valence-corrected chi connectivity index (χ0v) is 11.7. The molecule has 1 unspecified atom stereocenters. The van der Waals surface area contributed by atoms with E-state index in [0.29, 0.717) is 25.2 Å². The topological polar surface area (TPSA) is 49.5 Å². The van der Waals surface area contributed by atoms with Crippen LogP contribution < -0.4 is 5.73 Å². The Morgan fingerprint density at radius 1 is 1.35 bits per heavy atom. The van der Waals surface area contributed by atoms with Crippen LogP contribution in [0.15, 0.2) is 24.3 Å². The van der Waals surface area contributed by atoms with Crippen molar-refractivity contribution in [1.29, 1.82) is 0 Å². The molecule has 3 N–H and O–H groups in total. The fraction of sp³-hybridized carbons (Fsp3) is 0.538. The molecule has 1 heterocycles. The largest absolute Gasteiger partial charge is 0.418 e. The van der Waals surface area contributed by atoms with Gasteiger partial charge in [-0.1, -0.05) is 12.1 Å². The zero-order valence-electron chi connectivity index (χ0n) is 10.9. The van der Waals surface area contributed by atoms with E-state index in [2.05, 4.69) is 0 Å². The molecule has 0 radical (unpaired) electrons. The van der Waals surface area contributed by atoms with Crippen LogP contribution >= 0.6 is 12.4 Å². The molecule has 114 valence electrons. The Labute approximate surface area is 122 Å². The molecule has 20 heavy (non-hydrogen) atoms. The second-order valence-electron chi connectivity index (χ2n) is 5.09. The first-order valence-electron chi connectivity index (χ1n) is 6.16. The smallest absolute Gasteiger partial charge is 0.399 e. The average Bonchev–Trinajstić information content (AvgIpc) is 2.27. The van der Waals surface area contributed by atoms with Crippen molar-refractivity contribution in [2.45, 2.75) is 31.2 Å². The predicted octanol–water partition coefficient (Wildman–Crippen LogP) is 2.58. The monoisotopic (exact) mass is 310 g/mol. The summed E-state index contributed by atoms with van der Waals surface area (Å²) >= 11 is 0. The number of anilines is 1. The highest BCUT2D eigenvalue weighted by atomic mass is 35.5. The number of nitrogens with zero attached hydrogens (tertiary/aromatic N) is 1. The quantitative estimate of drug-likeness (QED) is 0.826. The fourth-order valence-electron chi connectivity index (χ4n) is 2.44. The average molecular weight is 311 g/mol. The summed E-state index contributed by atoms with van der Waals surface area (Å²) in [7, 11) is 0. The first kappa shape index (κ1) is 17.1. The van der Waals surface area contributed by atoms with E-state index >= 15 is 0 Å². The first-order chi connectivity index (χ1) is 8.80. The SMILES string of the molecule is Cl.Nc1cccc(CN2CCCC(O)(C(F)(F)F)C2)c1. The van der Waals surface area contributed by atoms with Gasteiger partial charge in [0.2, 0.25) is 0 Å². The van der Waals surface area contributed by atoms with E-state index in [4.69, 9.17) is 5.73 Å². The Balaban J connectivity index is 0.00000200. The molecule has 1 aromatic carbocycles. The highest BCUT2D eigenvalue weighted by Gasteiger charge is 2.55. The molecule has 1 atom stereocenters. The molecule has 0 saturated carbocycles. The Kier molecular flexibility index (Phi) is 5.29. The van der Waals surface area contributed by atoms with Gasteiger partial charge in [-0.15, -0.1) is 12.4 Å². The summed E-state index contributed by atoms with van der Waals surface area (Å²) < 4.78 is 38.4. The minimum absolute atomic E-state index is 0. The van der Waals surface area contributed by atoms with Gasteiger partial charge < -0.3 is 10.8 Å². The van der Waals surface area contributed by atoms with Gasteiger partial charge in [-0.3, -0.25) is 4.90 Å². The number of rotatable bonds is 2. The molecular formula is C13H18ClF3N2O. The normalized spacial score (nSPS) is 24.2. The van der Waals surface area contributed by atoms with Gasteiger partial charge >= 0.3 is 6.18 Å². The summed E-state index contributed by atoms with van der Waals surface area (Å²) in [6.45, 7) is 0.530. The van der Waals surface area contributed by atoms with E-state index in [1.807, 2.05) is 6.07 Å². The van der Waals surface area contributed by atoms with Crippen LogP contribution in [0.2, 0.25) is 0 Å². The summed E-state index contributed by atoms with van der Waals surface area (Å²) in [4.78, 5) is 1.62. The third-order valence-corrected chi connectivity index (χ3v) is 3.43. The van der Waals surface area contributed by atoms with Gasteiger partial charge in [0.1, 0.15) is 0 Å². The van der Waals surface area contributed by atoms with E-state index in [1.165, 1.54) is 0 Å². The summed E-state index contributed by atoms with van der Waals surface area (Å²) in [5.74, 6) is 0. The number of alkyl halides is 3. The molecule has 0 spiro atoms. The highest BCUT2D eigenvalue weighted by Crippen LogP contribution is 2.37. The van der Waals surface area contributed by atoms with Gasteiger partial charge in [-0.05, 0) is 37.1 Å². The number of nitrogen functional groups attached to an aromatic ring is 1. The number of nitrogens with two attached hydrogens (primary N) is 1. The maximum absolute atomic E-state index is 12.8. The number of likely N-dealkylation sites (tertiary alicyclic amines) is 1. The number of aliphatic hydroxyl groups is 1. The molecule has 0 amide bonds. The second-order valence-corrected chi connectivity index (χ2v) is 5.09. The third kappa shape index (κ3) is 3.77. The van der Waals surface area contributed by atoms with Crippen molar-refractivity contribution in [3.8, 4) is 0 Å². The van der Waals surface area contributed by atoms with Crippen LogP contribution in [-0.4, -0.2) is 34.9 Å². The maximum atomic E-state index is 12.8. The predicted molar refractivity (Wildman–Crippen MR) is 73.6 cm³/mol. The first-order valence-corrected chi connectivity index (χ1v) is 6.16. The number of piperidine rings is 1. The van der Waals surface area contributed by atoms with Crippen LogP contribution in [-0.2, 0) is 6.54 Å². The van der Waals surface area contributed by atoms with Crippen LogP contribution in [0.5, 0.6) is 0 Å². The van der Waals surface area contributed by atoms with Gasteiger partial charge in [0, 0.05) is 18.8 Å². The van der Waals surface area contributed by atoms with Crippen molar-refractivity contribution >= 4 is 18.1 Å². The Morgan fingerprint density at radius 2 is 2.05 bits per heavy atom. The Hall–Kier alpha value is -0.980. The minimum atomic E-state index is -4.58. The van der Waals surface area contributed by atoms with Crippen molar-refractivity contribution in [3.63, 3.8) is 0 Å². The van der Waals surface area contributed by atoms with Crippen molar-refractivity contribution in [3.05, 3.63) is 29.8 Å². The minimum Gasteiger partial charge on any atom is -0.399 e. The number of benzene rings is 1. The van der Waals surface area contributed by atoms with Crippen molar-refractivity contribution in [2.24, 2.45) is 0 Å². The van der Waals surface area contributed by atoms with Crippen LogP contribution in [0.4, 0.5) is 18.9 Å². The number of halogens is 4. The van der Waals surface area contributed by atoms with Crippen LogP contribution in [0.25, 0.3) is 0 Å². The Morgan fingerprint density at radius 3 is 2.65 bits per heavy atom. The lowest BCUT2D eigenvalue weighted by Gasteiger charge is -2.40. The maximum Gasteiger partial charge on any atom is 0.418 e. The molecule has 1 fully saturated rings. The van der Waals surface area contributed by atoms with Gasteiger partial charge in [0.05, 0.1) is 0 Å². The molecule has 7 heteroatoms. The molecule has 0 aliphatic carbocycles. The third-order valence-electron chi connectivity index (χ3n) is 3.43. The van der Waals surface area contributed by atoms with Crippen LogP contribution in [0.1, 0.15) is 18.4 Å². The summed E-state index contributed by atoms with van der Waals surface area (Å²) in [5, 5.41) is 9.72. The van der Waals surface area contributed by atoms with Gasteiger partial charge in [-0.2, -0.15) is 13.2 Å².